The Balaban J connectivity index is 2.83. The number of ether oxygens (including phenoxy) is 1. The van der Waals surface area contributed by atoms with Crippen LogP contribution in [-0.4, -0.2) is 30.1 Å². The van der Waals surface area contributed by atoms with Gasteiger partial charge >= 0.3 is 0 Å². The molecule has 0 saturated carbocycles. The van der Waals surface area contributed by atoms with Crippen molar-refractivity contribution in [2.75, 3.05) is 17.0 Å². The van der Waals surface area contributed by atoms with Crippen molar-refractivity contribution in [3.05, 3.63) is 0 Å². The van der Waals surface area contributed by atoms with E-state index in [1.807, 2.05) is 29.5 Å². The zero-order valence-electron chi connectivity index (χ0n) is 7.05. The lowest BCUT2D eigenvalue weighted by atomic mass is 10.0. The van der Waals surface area contributed by atoms with Gasteiger partial charge in [-0.2, -0.15) is 0 Å². The van der Waals surface area contributed by atoms with Crippen LogP contribution >= 0.6 is 22.6 Å². The predicted molar refractivity (Wildman–Crippen MR) is 56.3 cm³/mol. The minimum atomic E-state index is -2.91. The lowest BCUT2D eigenvalue weighted by Crippen LogP contribution is -2.41. The molecule has 1 fully saturated rings. The molecule has 72 valence electrons. The lowest BCUT2D eigenvalue weighted by molar-refractivity contribution is 0.0790. The second-order valence-corrected chi connectivity index (χ2v) is 7.59. The first-order valence-electron chi connectivity index (χ1n) is 3.88. The molecular formula is C7H13IO3S. The van der Waals surface area contributed by atoms with Crippen LogP contribution in [0.25, 0.3) is 0 Å². The van der Waals surface area contributed by atoms with E-state index in [-0.39, 0.29) is 3.76 Å². The molecule has 0 N–H and O–H groups in total. The van der Waals surface area contributed by atoms with E-state index < -0.39 is 14.6 Å². The van der Waals surface area contributed by atoms with Gasteiger partial charge in [-0.3, -0.25) is 0 Å². The Labute approximate surface area is 86.9 Å². The van der Waals surface area contributed by atoms with Gasteiger partial charge in [0.2, 0.25) is 0 Å². The minimum absolute atomic E-state index is 0.210. The molecular weight excluding hydrogens is 291 g/mol. The fourth-order valence-corrected chi connectivity index (χ4v) is 4.55. The summed E-state index contributed by atoms with van der Waals surface area (Å²) in [7, 11) is -2.91. The summed E-state index contributed by atoms with van der Waals surface area (Å²) >= 11 is 1.91. The van der Waals surface area contributed by atoms with Crippen LogP contribution in [0.3, 0.4) is 0 Å². The maximum Gasteiger partial charge on any atom is 0.165 e. The van der Waals surface area contributed by atoms with Gasteiger partial charge in [0.25, 0.3) is 0 Å². The molecule has 0 unspecified atom stereocenters. The highest BCUT2D eigenvalue weighted by Crippen LogP contribution is 2.30. The summed E-state index contributed by atoms with van der Waals surface area (Å²) in [6, 6.07) is 0. The van der Waals surface area contributed by atoms with Gasteiger partial charge in [-0.05, 0) is 19.8 Å². The zero-order valence-corrected chi connectivity index (χ0v) is 10.0. The number of hydrogen-bond acceptors (Lipinski definition) is 3. The highest BCUT2D eigenvalue weighted by molar-refractivity contribution is 14.1. The quantitative estimate of drug-likeness (QED) is 0.571. The highest BCUT2D eigenvalue weighted by Gasteiger charge is 2.39. The number of halogens is 1. The summed E-state index contributed by atoms with van der Waals surface area (Å²) in [5.74, 6) is 0. The summed E-state index contributed by atoms with van der Waals surface area (Å²) in [5.41, 5.74) is 0. The van der Waals surface area contributed by atoms with Crippen LogP contribution in [0.15, 0.2) is 0 Å². The Bertz CT molecular complexity index is 241. The van der Waals surface area contributed by atoms with Crippen molar-refractivity contribution in [2.24, 2.45) is 0 Å². The third kappa shape index (κ3) is 1.93. The van der Waals surface area contributed by atoms with Crippen LogP contribution in [0.1, 0.15) is 19.8 Å². The van der Waals surface area contributed by atoms with Crippen molar-refractivity contribution in [2.45, 2.75) is 24.5 Å². The molecule has 3 nitrogen and oxygen atoms in total. The number of alkyl halides is 1. The van der Waals surface area contributed by atoms with E-state index in [9.17, 15) is 8.42 Å². The monoisotopic (exact) mass is 304 g/mol. The molecule has 1 aliphatic heterocycles. The van der Waals surface area contributed by atoms with Crippen molar-refractivity contribution in [3.8, 4) is 0 Å². The molecule has 1 rings (SSSR count). The predicted octanol–water partition coefficient (Wildman–Crippen LogP) is 1.36. The van der Waals surface area contributed by atoms with Crippen molar-refractivity contribution >= 4 is 32.4 Å². The van der Waals surface area contributed by atoms with Crippen molar-refractivity contribution in [3.63, 3.8) is 0 Å². The first-order valence-corrected chi connectivity index (χ1v) is 7.06. The van der Waals surface area contributed by atoms with E-state index in [4.69, 9.17) is 4.74 Å². The molecule has 1 heterocycles. The van der Waals surface area contributed by atoms with Crippen LogP contribution in [0.4, 0.5) is 0 Å². The highest BCUT2D eigenvalue weighted by atomic mass is 127. The molecule has 1 aliphatic rings. The molecule has 0 spiro atoms. The molecule has 1 saturated heterocycles. The fraction of sp³-hybridized carbons (Fsp3) is 1.00. The first-order chi connectivity index (χ1) is 5.52. The van der Waals surface area contributed by atoms with Crippen LogP contribution in [0, 0.1) is 0 Å². The normalized spacial score (nSPS) is 23.8. The standard InChI is InChI=1S/C7H13IO3S/c1-7(12(9,10)6-8)2-4-11-5-3-7/h2-6H2,1H3. The summed E-state index contributed by atoms with van der Waals surface area (Å²) in [4.78, 5) is 0. The van der Waals surface area contributed by atoms with Gasteiger partial charge in [-0.1, -0.05) is 22.6 Å². The molecule has 0 amide bonds. The van der Waals surface area contributed by atoms with E-state index in [0.717, 1.165) is 0 Å². The second kappa shape index (κ2) is 3.79. The van der Waals surface area contributed by atoms with E-state index in [1.165, 1.54) is 0 Å². The summed E-state index contributed by atoms with van der Waals surface area (Å²) in [6.07, 6.45) is 1.27. The molecule has 0 radical (unpaired) electrons. The summed E-state index contributed by atoms with van der Waals surface area (Å²) < 4.78 is 28.0. The van der Waals surface area contributed by atoms with Gasteiger partial charge in [-0.15, -0.1) is 0 Å². The van der Waals surface area contributed by atoms with Crippen molar-refractivity contribution < 1.29 is 13.2 Å². The Kier molecular flexibility index (Phi) is 3.39. The molecule has 0 aromatic heterocycles. The number of hydrogen-bond donors (Lipinski definition) is 0. The second-order valence-electron chi connectivity index (χ2n) is 3.29. The molecule has 0 aromatic carbocycles. The summed E-state index contributed by atoms with van der Waals surface area (Å²) in [5, 5.41) is 0. The number of sulfone groups is 1. The smallest absolute Gasteiger partial charge is 0.165 e. The number of rotatable bonds is 2. The van der Waals surface area contributed by atoms with Crippen LogP contribution in [0.2, 0.25) is 0 Å². The van der Waals surface area contributed by atoms with Gasteiger partial charge in [-0.25, -0.2) is 8.42 Å². The van der Waals surface area contributed by atoms with Gasteiger partial charge in [0.1, 0.15) is 3.76 Å². The van der Waals surface area contributed by atoms with E-state index in [0.29, 0.717) is 26.1 Å². The maximum atomic E-state index is 11.6. The van der Waals surface area contributed by atoms with Gasteiger partial charge in [0.15, 0.2) is 9.84 Å². The largest absolute Gasteiger partial charge is 0.381 e. The average molecular weight is 304 g/mol. The maximum absolute atomic E-state index is 11.6. The third-order valence-electron chi connectivity index (χ3n) is 2.44. The molecule has 12 heavy (non-hydrogen) atoms. The zero-order chi connectivity index (χ0) is 9.24. The van der Waals surface area contributed by atoms with Crippen molar-refractivity contribution in [1.82, 2.24) is 0 Å². The van der Waals surface area contributed by atoms with Gasteiger partial charge in [0, 0.05) is 13.2 Å². The SMILES string of the molecule is CC1(S(=O)(=O)CI)CCOCC1. The van der Waals surface area contributed by atoms with Crippen LogP contribution in [0.5, 0.6) is 0 Å². The Morgan fingerprint density at radius 1 is 1.42 bits per heavy atom. The Morgan fingerprint density at radius 3 is 2.33 bits per heavy atom. The summed E-state index contributed by atoms with van der Waals surface area (Å²) in [6.45, 7) is 2.97. The average Bonchev–Trinajstić information content (AvgIpc) is 2.06. The third-order valence-corrected chi connectivity index (χ3v) is 7.10. The molecule has 0 atom stereocenters. The molecule has 0 bridgehead atoms. The van der Waals surface area contributed by atoms with Crippen molar-refractivity contribution in [1.29, 1.82) is 0 Å². The molecule has 0 aliphatic carbocycles. The molecule has 0 aromatic rings. The fourth-order valence-electron chi connectivity index (χ4n) is 1.25. The van der Waals surface area contributed by atoms with Crippen LogP contribution in [-0.2, 0) is 14.6 Å². The van der Waals surface area contributed by atoms with Gasteiger partial charge in [0.05, 0.1) is 4.75 Å². The lowest BCUT2D eigenvalue weighted by Gasteiger charge is -2.32. The van der Waals surface area contributed by atoms with Crippen LogP contribution < -0.4 is 0 Å². The minimum Gasteiger partial charge on any atom is -0.381 e. The first kappa shape index (κ1) is 10.7. The topological polar surface area (TPSA) is 43.4 Å². The van der Waals surface area contributed by atoms with E-state index >= 15 is 0 Å². The Hall–Kier alpha value is 0.640. The van der Waals surface area contributed by atoms with E-state index in [1.54, 1.807) is 0 Å². The van der Waals surface area contributed by atoms with E-state index in [2.05, 4.69) is 0 Å². The molecule has 5 heteroatoms. The van der Waals surface area contributed by atoms with Gasteiger partial charge < -0.3 is 4.74 Å². The Morgan fingerprint density at radius 2 is 1.92 bits per heavy atom.